The van der Waals surface area contributed by atoms with E-state index >= 15 is 0 Å². The van der Waals surface area contributed by atoms with Gasteiger partial charge in [-0.25, -0.2) is 12.4 Å². The number of rotatable bonds is 3. The van der Waals surface area contributed by atoms with Crippen LogP contribution in [-0.2, 0) is 26.0 Å². The molecule has 0 unspecified atom stereocenters. The van der Waals surface area contributed by atoms with Crippen LogP contribution in [0, 0.1) is 12.3 Å². The van der Waals surface area contributed by atoms with Gasteiger partial charge in [-0.05, 0) is 37.1 Å². The first-order valence-electron chi connectivity index (χ1n) is 9.60. The first-order valence-corrected chi connectivity index (χ1v) is 11.0. The quantitative estimate of drug-likeness (QED) is 0.487. The Labute approximate surface area is 169 Å². The Morgan fingerprint density at radius 1 is 1.14 bits per heavy atom. The second kappa shape index (κ2) is 6.07. The van der Waals surface area contributed by atoms with Crippen LogP contribution in [0.5, 0.6) is 0 Å². The zero-order valence-electron chi connectivity index (χ0n) is 16.3. The van der Waals surface area contributed by atoms with Gasteiger partial charge in [0.05, 0.1) is 22.9 Å². The van der Waals surface area contributed by atoms with Crippen LogP contribution in [0.25, 0.3) is 10.9 Å². The highest BCUT2D eigenvalue weighted by molar-refractivity contribution is 7.90. The van der Waals surface area contributed by atoms with Crippen LogP contribution in [0.15, 0.2) is 65.6 Å². The maximum absolute atomic E-state index is 13.7. The molecule has 148 valence electrons. The summed E-state index contributed by atoms with van der Waals surface area (Å²) in [6.07, 6.45) is 4.85. The second-order valence-electron chi connectivity index (χ2n) is 7.95. The summed E-state index contributed by atoms with van der Waals surface area (Å²) < 4.78 is 33.9. The lowest BCUT2D eigenvalue weighted by atomic mass is 9.74. The number of carbonyl (C=O) groups is 1. The molecule has 1 heterocycles. The molecule has 2 aromatic carbocycles. The van der Waals surface area contributed by atoms with Gasteiger partial charge < -0.3 is 4.74 Å². The van der Waals surface area contributed by atoms with Crippen LogP contribution in [-0.4, -0.2) is 25.5 Å². The molecule has 0 aliphatic heterocycles. The van der Waals surface area contributed by atoms with E-state index in [0.717, 1.165) is 16.5 Å². The van der Waals surface area contributed by atoms with E-state index in [4.69, 9.17) is 4.74 Å². The number of para-hydroxylation sites is 1. The second-order valence-corrected chi connectivity index (χ2v) is 9.74. The summed E-state index contributed by atoms with van der Waals surface area (Å²) in [6.45, 7) is 1.92. The van der Waals surface area contributed by atoms with E-state index in [2.05, 4.69) is 0 Å². The van der Waals surface area contributed by atoms with Crippen molar-refractivity contribution in [3.63, 3.8) is 0 Å². The summed E-state index contributed by atoms with van der Waals surface area (Å²) in [5.41, 5.74) is 2.53. The summed E-state index contributed by atoms with van der Waals surface area (Å²) in [4.78, 5) is 12.8. The highest BCUT2D eigenvalue weighted by Gasteiger charge is 2.50. The Kier molecular flexibility index (Phi) is 3.80. The summed E-state index contributed by atoms with van der Waals surface area (Å²) in [5, 5.41) is 0.924. The molecule has 0 amide bonds. The maximum Gasteiger partial charge on any atom is 0.316 e. The van der Waals surface area contributed by atoms with Crippen molar-refractivity contribution in [2.24, 2.45) is 5.41 Å². The van der Waals surface area contributed by atoms with E-state index in [1.165, 1.54) is 11.1 Å². The summed E-state index contributed by atoms with van der Waals surface area (Å²) in [5.74, 6) is -0.316. The molecule has 2 aliphatic rings. The van der Waals surface area contributed by atoms with Gasteiger partial charge in [-0.2, -0.15) is 0 Å². The molecule has 0 spiro atoms. The fourth-order valence-electron chi connectivity index (χ4n) is 4.84. The lowest BCUT2D eigenvalue weighted by Gasteiger charge is -2.31. The zero-order valence-corrected chi connectivity index (χ0v) is 17.1. The number of hydrogen-bond donors (Lipinski definition) is 0. The fourth-order valence-corrected chi connectivity index (χ4v) is 6.41. The summed E-state index contributed by atoms with van der Waals surface area (Å²) in [7, 11) is -2.44. The van der Waals surface area contributed by atoms with E-state index in [0.29, 0.717) is 24.1 Å². The molecule has 0 saturated heterocycles. The zero-order chi connectivity index (χ0) is 20.4. The molecule has 0 N–H and O–H groups in total. The smallest absolute Gasteiger partial charge is 0.316 e. The third-order valence-electron chi connectivity index (χ3n) is 6.21. The lowest BCUT2D eigenvalue weighted by Crippen LogP contribution is -2.35. The Morgan fingerprint density at radius 3 is 2.59 bits per heavy atom. The molecule has 5 nitrogen and oxygen atoms in total. The van der Waals surface area contributed by atoms with Gasteiger partial charge in [0, 0.05) is 23.4 Å². The molecule has 1 aromatic heterocycles. The molecule has 0 saturated carbocycles. The van der Waals surface area contributed by atoms with Gasteiger partial charge in [-0.3, -0.25) is 4.79 Å². The predicted molar refractivity (Wildman–Crippen MR) is 110 cm³/mol. The Morgan fingerprint density at radius 2 is 1.86 bits per heavy atom. The van der Waals surface area contributed by atoms with Gasteiger partial charge in [0.1, 0.15) is 0 Å². The number of nitrogens with zero attached hydrogens (tertiary/aromatic N) is 1. The molecule has 3 aromatic rings. The van der Waals surface area contributed by atoms with E-state index in [9.17, 15) is 13.2 Å². The van der Waals surface area contributed by atoms with Gasteiger partial charge in [-0.15, -0.1) is 0 Å². The number of carbonyl (C=O) groups excluding carboxylic acids is 1. The number of allylic oxidation sites excluding steroid dienone is 1. The Hall–Kier alpha value is -2.86. The molecule has 5 rings (SSSR count). The molecular weight excluding hydrogens is 386 g/mol. The van der Waals surface area contributed by atoms with Crippen LogP contribution in [0.4, 0.5) is 0 Å². The van der Waals surface area contributed by atoms with Crippen LogP contribution in [0.1, 0.15) is 29.2 Å². The number of aromatic nitrogens is 1. The van der Waals surface area contributed by atoms with Crippen molar-refractivity contribution in [3.05, 3.63) is 77.5 Å². The topological polar surface area (TPSA) is 65.4 Å². The van der Waals surface area contributed by atoms with Gasteiger partial charge >= 0.3 is 5.97 Å². The number of ether oxygens (including phenoxy) is 1. The molecule has 0 fully saturated rings. The van der Waals surface area contributed by atoms with E-state index in [1.54, 1.807) is 24.3 Å². The van der Waals surface area contributed by atoms with Crippen molar-refractivity contribution >= 4 is 26.9 Å². The van der Waals surface area contributed by atoms with Crippen LogP contribution in [0.2, 0.25) is 0 Å². The van der Waals surface area contributed by atoms with Crippen molar-refractivity contribution in [1.29, 1.82) is 0 Å². The molecular formula is C23H21NO4S. The van der Waals surface area contributed by atoms with E-state index in [1.807, 2.05) is 43.3 Å². The molecule has 2 aliphatic carbocycles. The van der Waals surface area contributed by atoms with Gasteiger partial charge in [-0.1, -0.05) is 48.0 Å². The average Bonchev–Trinajstić information content (AvgIpc) is 3.24. The van der Waals surface area contributed by atoms with Crippen LogP contribution in [0.3, 0.4) is 0 Å². The lowest BCUT2D eigenvalue weighted by molar-refractivity contribution is -0.150. The molecule has 29 heavy (non-hydrogen) atoms. The first-order chi connectivity index (χ1) is 13.9. The monoisotopic (exact) mass is 407 g/mol. The maximum atomic E-state index is 13.7. The third kappa shape index (κ3) is 2.45. The standard InChI is InChI=1S/C23H21NO4S/c1-15-7-9-17(10-8-15)29(26,27)24-19-6-4-3-5-18(19)21-16-11-12-23(13-16,14-20(21)24)22(25)28-2/h3-12,16H,13-14H2,1-2H3/t16-,23-/m1/s1. The molecule has 6 heteroatoms. The molecule has 0 radical (unpaired) electrons. The minimum atomic E-state index is -3.82. The van der Waals surface area contributed by atoms with E-state index in [-0.39, 0.29) is 16.8 Å². The summed E-state index contributed by atoms with van der Waals surface area (Å²) >= 11 is 0. The van der Waals surface area contributed by atoms with Gasteiger partial charge in [0.2, 0.25) is 0 Å². The SMILES string of the molecule is COC(=O)[C@]12C=C[C@H](C1)c1c(n(S(=O)(=O)c3ccc(C)cc3)c3ccccc13)C2. The number of fused-ring (bicyclic) bond motifs is 6. The van der Waals surface area contributed by atoms with Crippen molar-refractivity contribution in [2.75, 3.05) is 7.11 Å². The highest BCUT2D eigenvalue weighted by atomic mass is 32.2. The number of esters is 1. The van der Waals surface area contributed by atoms with Crippen LogP contribution >= 0.6 is 0 Å². The molecule has 2 bridgehead atoms. The van der Waals surface area contributed by atoms with E-state index < -0.39 is 15.4 Å². The fraction of sp³-hybridized carbons (Fsp3) is 0.261. The van der Waals surface area contributed by atoms with Gasteiger partial charge in [0.25, 0.3) is 10.0 Å². The van der Waals surface area contributed by atoms with Crippen molar-refractivity contribution in [2.45, 2.75) is 30.6 Å². The number of benzene rings is 2. The molecule has 2 atom stereocenters. The van der Waals surface area contributed by atoms with Crippen molar-refractivity contribution < 1.29 is 17.9 Å². The third-order valence-corrected chi connectivity index (χ3v) is 7.97. The normalized spacial score (nSPS) is 22.6. The average molecular weight is 407 g/mol. The number of aryl methyl sites for hydroxylation is 1. The Bertz CT molecular complexity index is 1280. The van der Waals surface area contributed by atoms with Crippen LogP contribution < -0.4 is 0 Å². The summed E-state index contributed by atoms with van der Waals surface area (Å²) in [6, 6.07) is 14.4. The Balaban J connectivity index is 1.80. The van der Waals surface area contributed by atoms with Crippen molar-refractivity contribution in [1.82, 2.24) is 3.97 Å². The largest absolute Gasteiger partial charge is 0.468 e. The number of hydrogen-bond acceptors (Lipinski definition) is 4. The minimum Gasteiger partial charge on any atom is -0.468 e. The van der Waals surface area contributed by atoms with Gasteiger partial charge in [0.15, 0.2) is 0 Å². The van der Waals surface area contributed by atoms with Crippen molar-refractivity contribution in [3.8, 4) is 0 Å². The number of methoxy groups -OCH3 is 1. The highest BCUT2D eigenvalue weighted by Crippen LogP contribution is 2.53. The predicted octanol–water partition coefficient (Wildman–Crippen LogP) is 3.95. The first kappa shape index (κ1) is 18.2. The minimum absolute atomic E-state index is 0.00258.